The van der Waals surface area contributed by atoms with E-state index in [2.05, 4.69) is 0 Å². The zero-order valence-corrected chi connectivity index (χ0v) is 13.1. The van der Waals surface area contributed by atoms with Gasteiger partial charge in [0.2, 0.25) is 5.91 Å². The first kappa shape index (κ1) is 15.3. The van der Waals surface area contributed by atoms with Crippen LogP contribution in [-0.2, 0) is 9.53 Å². The van der Waals surface area contributed by atoms with Crippen LogP contribution in [0.25, 0.3) is 0 Å². The van der Waals surface area contributed by atoms with E-state index >= 15 is 0 Å². The van der Waals surface area contributed by atoms with E-state index in [-0.39, 0.29) is 12.0 Å². The average molecular weight is 303 g/mol. The van der Waals surface area contributed by atoms with Gasteiger partial charge in [0.25, 0.3) is 0 Å². The van der Waals surface area contributed by atoms with E-state index in [0.29, 0.717) is 12.5 Å². The molecule has 0 aliphatic carbocycles. The van der Waals surface area contributed by atoms with Gasteiger partial charge in [-0.2, -0.15) is 0 Å². The van der Waals surface area contributed by atoms with E-state index in [1.165, 1.54) is 0 Å². The van der Waals surface area contributed by atoms with E-state index in [0.717, 1.165) is 57.6 Å². The zero-order chi connectivity index (χ0) is 15.2. The number of amides is 1. The van der Waals surface area contributed by atoms with Crippen molar-refractivity contribution in [3.63, 3.8) is 0 Å². The molecule has 120 valence electrons. The van der Waals surface area contributed by atoms with Gasteiger partial charge in [-0.05, 0) is 31.4 Å². The van der Waals surface area contributed by atoms with Crippen LogP contribution in [0.2, 0.25) is 0 Å². The fourth-order valence-electron chi connectivity index (χ4n) is 3.23. The quantitative estimate of drug-likeness (QED) is 0.839. The van der Waals surface area contributed by atoms with Crippen molar-refractivity contribution in [2.45, 2.75) is 50.7 Å². The summed E-state index contributed by atoms with van der Waals surface area (Å²) in [5, 5.41) is 0. The summed E-state index contributed by atoms with van der Waals surface area (Å²) < 4.78 is 11.6. The molecule has 2 aliphatic heterocycles. The highest BCUT2D eigenvalue weighted by Crippen LogP contribution is 2.21. The Morgan fingerprint density at radius 3 is 2.64 bits per heavy atom. The Bertz CT molecular complexity index is 462. The van der Waals surface area contributed by atoms with E-state index in [9.17, 15) is 4.79 Å². The number of likely N-dealkylation sites (tertiary alicyclic amines) is 1. The lowest BCUT2D eigenvalue weighted by molar-refractivity contribution is -0.133. The number of nitrogens with zero attached hydrogens (tertiary/aromatic N) is 1. The van der Waals surface area contributed by atoms with Gasteiger partial charge in [-0.25, -0.2) is 0 Å². The molecule has 0 radical (unpaired) electrons. The normalized spacial score (nSPS) is 22.7. The Labute approximate surface area is 132 Å². The van der Waals surface area contributed by atoms with Gasteiger partial charge in [0.05, 0.1) is 6.10 Å². The molecule has 2 aliphatic rings. The van der Waals surface area contributed by atoms with Crippen LogP contribution in [0.4, 0.5) is 0 Å². The smallest absolute Gasteiger partial charge is 0.222 e. The molecule has 0 spiro atoms. The van der Waals surface area contributed by atoms with Crippen LogP contribution in [0, 0.1) is 0 Å². The third-order valence-corrected chi connectivity index (χ3v) is 4.54. The second kappa shape index (κ2) is 7.63. The van der Waals surface area contributed by atoms with Gasteiger partial charge in [-0.3, -0.25) is 4.79 Å². The predicted molar refractivity (Wildman–Crippen MR) is 84.9 cm³/mol. The van der Waals surface area contributed by atoms with Crippen LogP contribution in [0.5, 0.6) is 5.75 Å². The lowest BCUT2D eigenvalue weighted by Gasteiger charge is -2.32. The number of hydrogen-bond acceptors (Lipinski definition) is 3. The standard InChI is InChI=1S/C18H25NO3/c20-18(9-8-15-7-4-14-21-15)19-12-10-17(11-13-19)22-16-5-2-1-3-6-16/h1-3,5-6,15,17H,4,7-14H2. The number of carbonyl (C=O) groups is 1. The van der Waals surface area contributed by atoms with E-state index < -0.39 is 0 Å². The fourth-order valence-corrected chi connectivity index (χ4v) is 3.23. The molecule has 1 unspecified atom stereocenters. The largest absolute Gasteiger partial charge is 0.490 e. The Kier molecular flexibility index (Phi) is 5.33. The van der Waals surface area contributed by atoms with Gasteiger partial charge >= 0.3 is 0 Å². The van der Waals surface area contributed by atoms with Crippen LogP contribution >= 0.6 is 0 Å². The topological polar surface area (TPSA) is 38.8 Å². The van der Waals surface area contributed by atoms with Crippen LogP contribution in [0.3, 0.4) is 0 Å². The minimum Gasteiger partial charge on any atom is -0.490 e. The van der Waals surface area contributed by atoms with Gasteiger partial charge in [-0.1, -0.05) is 18.2 Å². The third-order valence-electron chi connectivity index (χ3n) is 4.54. The lowest BCUT2D eigenvalue weighted by Crippen LogP contribution is -2.41. The molecule has 0 N–H and O–H groups in total. The maximum absolute atomic E-state index is 12.2. The molecule has 2 saturated heterocycles. The summed E-state index contributed by atoms with van der Waals surface area (Å²) >= 11 is 0. The Balaban J connectivity index is 1.38. The first-order chi connectivity index (χ1) is 10.8. The van der Waals surface area contributed by atoms with Gasteiger partial charge in [-0.15, -0.1) is 0 Å². The predicted octanol–water partition coefficient (Wildman–Crippen LogP) is 3.02. The van der Waals surface area contributed by atoms with Crippen molar-refractivity contribution in [2.24, 2.45) is 0 Å². The number of carbonyl (C=O) groups excluding carboxylic acids is 1. The van der Waals surface area contributed by atoms with Gasteiger partial charge in [0.1, 0.15) is 11.9 Å². The van der Waals surface area contributed by atoms with Gasteiger partial charge < -0.3 is 14.4 Å². The lowest BCUT2D eigenvalue weighted by atomic mass is 10.1. The molecule has 1 aromatic carbocycles. The highest BCUT2D eigenvalue weighted by Gasteiger charge is 2.25. The van der Waals surface area contributed by atoms with Crippen molar-refractivity contribution in [1.82, 2.24) is 4.90 Å². The zero-order valence-electron chi connectivity index (χ0n) is 13.1. The average Bonchev–Trinajstić information content (AvgIpc) is 3.08. The summed E-state index contributed by atoms with van der Waals surface area (Å²) in [7, 11) is 0. The molecule has 0 aromatic heterocycles. The molecular weight excluding hydrogens is 278 g/mol. The Morgan fingerprint density at radius 2 is 1.95 bits per heavy atom. The highest BCUT2D eigenvalue weighted by molar-refractivity contribution is 5.76. The molecule has 22 heavy (non-hydrogen) atoms. The molecule has 0 saturated carbocycles. The Morgan fingerprint density at radius 1 is 1.18 bits per heavy atom. The summed E-state index contributed by atoms with van der Waals surface area (Å²) in [4.78, 5) is 14.2. The second-order valence-corrected chi connectivity index (χ2v) is 6.18. The summed E-state index contributed by atoms with van der Waals surface area (Å²) in [5.74, 6) is 1.19. The maximum atomic E-state index is 12.2. The highest BCUT2D eigenvalue weighted by atomic mass is 16.5. The van der Waals surface area contributed by atoms with Crippen molar-refractivity contribution in [3.05, 3.63) is 30.3 Å². The van der Waals surface area contributed by atoms with Crippen LogP contribution < -0.4 is 4.74 Å². The second-order valence-electron chi connectivity index (χ2n) is 6.18. The Hall–Kier alpha value is -1.55. The first-order valence-electron chi connectivity index (χ1n) is 8.42. The SMILES string of the molecule is O=C(CCC1CCCO1)N1CCC(Oc2ccccc2)CC1. The van der Waals surface area contributed by atoms with Crippen molar-refractivity contribution in [3.8, 4) is 5.75 Å². The molecule has 4 nitrogen and oxygen atoms in total. The number of ether oxygens (including phenoxy) is 2. The fraction of sp³-hybridized carbons (Fsp3) is 0.611. The molecule has 2 heterocycles. The third kappa shape index (κ3) is 4.23. The molecule has 1 aromatic rings. The van der Waals surface area contributed by atoms with Crippen molar-refractivity contribution in [2.75, 3.05) is 19.7 Å². The van der Waals surface area contributed by atoms with Gasteiger partial charge in [0, 0.05) is 39.0 Å². The maximum Gasteiger partial charge on any atom is 0.222 e. The molecule has 2 fully saturated rings. The van der Waals surface area contributed by atoms with Crippen molar-refractivity contribution < 1.29 is 14.3 Å². The summed E-state index contributed by atoms with van der Waals surface area (Å²) in [5.41, 5.74) is 0. The molecule has 3 rings (SSSR count). The first-order valence-corrected chi connectivity index (χ1v) is 8.42. The van der Waals surface area contributed by atoms with Crippen LogP contribution in [-0.4, -0.2) is 42.7 Å². The molecule has 1 amide bonds. The van der Waals surface area contributed by atoms with Crippen molar-refractivity contribution in [1.29, 1.82) is 0 Å². The van der Waals surface area contributed by atoms with E-state index in [4.69, 9.17) is 9.47 Å². The van der Waals surface area contributed by atoms with Gasteiger partial charge in [0.15, 0.2) is 0 Å². The van der Waals surface area contributed by atoms with E-state index in [1.54, 1.807) is 0 Å². The molecular formula is C18H25NO3. The number of rotatable bonds is 5. The summed E-state index contributed by atoms with van der Waals surface area (Å²) in [6.07, 6.45) is 6.11. The number of hydrogen-bond donors (Lipinski definition) is 0. The monoisotopic (exact) mass is 303 g/mol. The van der Waals surface area contributed by atoms with Crippen LogP contribution in [0.15, 0.2) is 30.3 Å². The van der Waals surface area contributed by atoms with Crippen LogP contribution in [0.1, 0.15) is 38.5 Å². The summed E-state index contributed by atoms with van der Waals surface area (Å²) in [6.45, 7) is 2.48. The number of para-hydroxylation sites is 1. The molecule has 0 bridgehead atoms. The molecule has 1 atom stereocenters. The summed E-state index contributed by atoms with van der Waals surface area (Å²) in [6, 6.07) is 9.93. The van der Waals surface area contributed by atoms with Crippen molar-refractivity contribution >= 4 is 5.91 Å². The minimum atomic E-state index is 0.226. The number of piperidine rings is 1. The van der Waals surface area contributed by atoms with E-state index in [1.807, 2.05) is 35.2 Å². The minimum absolute atomic E-state index is 0.226. The number of benzene rings is 1. The molecule has 4 heteroatoms.